The summed E-state index contributed by atoms with van der Waals surface area (Å²) in [5, 5.41) is 0. The van der Waals surface area contributed by atoms with E-state index >= 15 is 0 Å². The highest BCUT2D eigenvalue weighted by molar-refractivity contribution is 5.94. The number of aromatic nitrogens is 1. The molecule has 4 nitrogen and oxygen atoms in total. The van der Waals surface area contributed by atoms with Crippen LogP contribution in [0.3, 0.4) is 0 Å². The molecule has 0 aliphatic heterocycles. The third-order valence-electron chi connectivity index (χ3n) is 3.82. The molecule has 1 heterocycles. The smallest absolute Gasteiger partial charge is 0.253 e. The molecule has 0 radical (unpaired) electrons. The molecule has 1 aliphatic carbocycles. The number of hydrogen-bond acceptors (Lipinski definition) is 3. The molecule has 0 saturated heterocycles. The summed E-state index contributed by atoms with van der Waals surface area (Å²) in [5.41, 5.74) is 7.13. The first-order valence-corrected chi connectivity index (χ1v) is 7.11. The second kappa shape index (κ2) is 6.66. The van der Waals surface area contributed by atoms with Crippen LogP contribution in [0.2, 0.25) is 0 Å². The van der Waals surface area contributed by atoms with Crippen molar-refractivity contribution in [2.45, 2.75) is 32.1 Å². The van der Waals surface area contributed by atoms with E-state index in [1.54, 1.807) is 12.3 Å². The van der Waals surface area contributed by atoms with Gasteiger partial charge in [-0.05, 0) is 37.4 Å². The molecule has 2 N–H and O–H groups in total. The second-order valence-electron chi connectivity index (χ2n) is 5.41. The molecule has 1 aromatic heterocycles. The predicted molar refractivity (Wildman–Crippen MR) is 75.9 cm³/mol. The van der Waals surface area contributed by atoms with Crippen LogP contribution in [0.15, 0.2) is 18.3 Å². The maximum atomic E-state index is 12.4. The number of rotatable bonds is 5. The maximum Gasteiger partial charge on any atom is 0.253 e. The van der Waals surface area contributed by atoms with Crippen molar-refractivity contribution < 1.29 is 4.79 Å². The van der Waals surface area contributed by atoms with Gasteiger partial charge >= 0.3 is 0 Å². The number of hydrogen-bond donors (Lipinski definition) is 1. The van der Waals surface area contributed by atoms with E-state index in [0.717, 1.165) is 17.8 Å². The normalized spacial score (nSPS) is 15.7. The lowest BCUT2D eigenvalue weighted by atomic mass is 10.1. The number of amides is 1. The molecule has 1 aromatic rings. The summed E-state index contributed by atoms with van der Waals surface area (Å²) in [5.74, 6) is 0.770. The van der Waals surface area contributed by atoms with Gasteiger partial charge in [0.25, 0.3) is 5.91 Å². The highest BCUT2D eigenvalue weighted by Crippen LogP contribution is 2.25. The van der Waals surface area contributed by atoms with Crippen molar-refractivity contribution in [2.24, 2.45) is 11.7 Å². The van der Waals surface area contributed by atoms with E-state index in [1.165, 1.54) is 25.7 Å². The van der Waals surface area contributed by atoms with Gasteiger partial charge < -0.3 is 10.6 Å². The zero-order chi connectivity index (χ0) is 13.7. The van der Waals surface area contributed by atoms with Crippen LogP contribution < -0.4 is 5.73 Å². The summed E-state index contributed by atoms with van der Waals surface area (Å²) < 4.78 is 0. The van der Waals surface area contributed by atoms with Gasteiger partial charge in [-0.25, -0.2) is 0 Å². The minimum Gasteiger partial charge on any atom is -0.341 e. The maximum absolute atomic E-state index is 12.4. The summed E-state index contributed by atoms with van der Waals surface area (Å²) in [6.07, 6.45) is 7.54. The third-order valence-corrected chi connectivity index (χ3v) is 3.82. The highest BCUT2D eigenvalue weighted by atomic mass is 16.2. The van der Waals surface area contributed by atoms with Gasteiger partial charge in [-0.2, -0.15) is 0 Å². The van der Waals surface area contributed by atoms with Crippen LogP contribution in [0.4, 0.5) is 0 Å². The van der Waals surface area contributed by atoms with Crippen LogP contribution in [0.1, 0.15) is 41.7 Å². The lowest BCUT2D eigenvalue weighted by Gasteiger charge is -2.21. The number of carbonyl (C=O) groups excluding carboxylic acids is 1. The van der Waals surface area contributed by atoms with E-state index in [-0.39, 0.29) is 5.91 Å². The first-order chi connectivity index (χ1) is 9.20. The van der Waals surface area contributed by atoms with E-state index in [9.17, 15) is 4.79 Å². The van der Waals surface area contributed by atoms with Crippen molar-refractivity contribution in [3.63, 3.8) is 0 Å². The molecule has 0 spiro atoms. The predicted octanol–water partition coefficient (Wildman–Crippen LogP) is 1.84. The lowest BCUT2D eigenvalue weighted by molar-refractivity contribution is 0.0773. The molecular weight excluding hydrogens is 238 g/mol. The Bertz CT molecular complexity index is 427. The van der Waals surface area contributed by atoms with Crippen LogP contribution in [0, 0.1) is 5.92 Å². The molecule has 4 heteroatoms. The molecule has 19 heavy (non-hydrogen) atoms. The quantitative estimate of drug-likeness (QED) is 0.880. The fraction of sp³-hybridized carbons (Fsp3) is 0.600. The Labute approximate surface area is 115 Å². The van der Waals surface area contributed by atoms with E-state index in [2.05, 4.69) is 4.98 Å². The van der Waals surface area contributed by atoms with Crippen molar-refractivity contribution in [3.05, 3.63) is 29.6 Å². The standard InChI is InChI=1S/C15H23N3O/c1-18(11-12-4-2-3-5-12)15(19)13-7-9-17-14(10-13)6-8-16/h7,9-10,12H,2-6,8,11,16H2,1H3. The average molecular weight is 261 g/mol. The summed E-state index contributed by atoms with van der Waals surface area (Å²) in [6.45, 7) is 1.43. The van der Waals surface area contributed by atoms with Crippen LogP contribution in [0.5, 0.6) is 0 Å². The molecule has 0 unspecified atom stereocenters. The summed E-state index contributed by atoms with van der Waals surface area (Å²) in [7, 11) is 1.89. The van der Waals surface area contributed by atoms with E-state index < -0.39 is 0 Å². The van der Waals surface area contributed by atoms with Crippen molar-refractivity contribution in [1.82, 2.24) is 9.88 Å². The summed E-state index contributed by atoms with van der Waals surface area (Å²) in [4.78, 5) is 18.4. The Hall–Kier alpha value is -1.42. The fourth-order valence-corrected chi connectivity index (χ4v) is 2.78. The molecule has 0 aromatic carbocycles. The number of pyridine rings is 1. The van der Waals surface area contributed by atoms with Gasteiger partial charge in [0.1, 0.15) is 0 Å². The first-order valence-electron chi connectivity index (χ1n) is 7.11. The monoisotopic (exact) mass is 261 g/mol. The van der Waals surface area contributed by atoms with Gasteiger partial charge in [0.2, 0.25) is 0 Å². The van der Waals surface area contributed by atoms with Crippen molar-refractivity contribution in [3.8, 4) is 0 Å². The van der Waals surface area contributed by atoms with Gasteiger partial charge in [0.05, 0.1) is 0 Å². The molecule has 1 aliphatic rings. The number of nitrogens with zero attached hydrogens (tertiary/aromatic N) is 2. The van der Waals surface area contributed by atoms with Crippen LogP contribution in [-0.4, -0.2) is 35.9 Å². The van der Waals surface area contributed by atoms with Crippen molar-refractivity contribution in [2.75, 3.05) is 20.1 Å². The second-order valence-corrected chi connectivity index (χ2v) is 5.41. The van der Waals surface area contributed by atoms with Gasteiger partial charge in [-0.3, -0.25) is 9.78 Å². The topological polar surface area (TPSA) is 59.2 Å². The summed E-state index contributed by atoms with van der Waals surface area (Å²) >= 11 is 0. The largest absolute Gasteiger partial charge is 0.341 e. The minimum atomic E-state index is 0.0903. The van der Waals surface area contributed by atoms with Crippen molar-refractivity contribution in [1.29, 1.82) is 0 Å². The fourth-order valence-electron chi connectivity index (χ4n) is 2.78. The summed E-state index contributed by atoms with van der Waals surface area (Å²) in [6, 6.07) is 3.65. The molecular formula is C15H23N3O. The highest BCUT2D eigenvalue weighted by Gasteiger charge is 2.20. The Morgan fingerprint density at radius 1 is 1.47 bits per heavy atom. The Kier molecular flexibility index (Phi) is 4.91. The van der Waals surface area contributed by atoms with Gasteiger partial charge in [-0.1, -0.05) is 12.8 Å². The Balaban J connectivity index is 1.99. The van der Waals surface area contributed by atoms with Crippen LogP contribution >= 0.6 is 0 Å². The first kappa shape index (κ1) is 14.0. The molecule has 0 atom stereocenters. The number of carbonyl (C=O) groups is 1. The molecule has 2 rings (SSSR count). The molecule has 104 valence electrons. The zero-order valence-electron chi connectivity index (χ0n) is 11.6. The average Bonchev–Trinajstić information content (AvgIpc) is 2.91. The zero-order valence-corrected chi connectivity index (χ0v) is 11.6. The molecule has 1 saturated carbocycles. The van der Waals surface area contributed by atoms with Crippen LogP contribution in [-0.2, 0) is 6.42 Å². The lowest BCUT2D eigenvalue weighted by Crippen LogP contribution is -2.31. The number of nitrogens with two attached hydrogens (primary N) is 1. The van der Waals surface area contributed by atoms with Gasteiger partial charge in [0.15, 0.2) is 0 Å². The third kappa shape index (κ3) is 3.77. The molecule has 1 amide bonds. The Morgan fingerprint density at radius 2 is 2.21 bits per heavy atom. The van der Waals surface area contributed by atoms with E-state index in [0.29, 0.717) is 18.9 Å². The van der Waals surface area contributed by atoms with E-state index in [4.69, 9.17) is 5.73 Å². The van der Waals surface area contributed by atoms with Crippen LogP contribution in [0.25, 0.3) is 0 Å². The van der Waals surface area contributed by atoms with Gasteiger partial charge in [0, 0.05) is 37.5 Å². The van der Waals surface area contributed by atoms with Gasteiger partial charge in [-0.15, -0.1) is 0 Å². The Morgan fingerprint density at radius 3 is 2.89 bits per heavy atom. The van der Waals surface area contributed by atoms with E-state index in [1.807, 2.05) is 18.0 Å². The molecule has 1 fully saturated rings. The minimum absolute atomic E-state index is 0.0903. The molecule has 0 bridgehead atoms. The van der Waals surface area contributed by atoms with Crippen molar-refractivity contribution >= 4 is 5.91 Å². The SMILES string of the molecule is CN(CC1CCCC1)C(=O)c1ccnc(CCN)c1.